The van der Waals surface area contributed by atoms with Crippen LogP contribution >= 0.6 is 0 Å². The summed E-state index contributed by atoms with van der Waals surface area (Å²) in [6.07, 6.45) is 2.29. The topological polar surface area (TPSA) is 67.6 Å². The van der Waals surface area contributed by atoms with Crippen molar-refractivity contribution >= 4 is 17.5 Å². The van der Waals surface area contributed by atoms with Crippen molar-refractivity contribution in [3.63, 3.8) is 0 Å². The molecule has 5 nitrogen and oxygen atoms in total. The average molecular weight is 303 g/mol. The predicted octanol–water partition coefficient (Wildman–Crippen LogP) is 3.16. The largest absolute Gasteiger partial charge is 0.444 e. The molecule has 1 aliphatic heterocycles. The molecule has 0 unspecified atom stereocenters. The van der Waals surface area contributed by atoms with Crippen LogP contribution < -0.4 is 11.1 Å². The molecule has 1 aliphatic rings. The van der Waals surface area contributed by atoms with Crippen molar-refractivity contribution in [2.24, 2.45) is 0 Å². The molecule has 0 radical (unpaired) electrons. The number of rotatable bonds is 3. The van der Waals surface area contributed by atoms with E-state index < -0.39 is 5.60 Å². The van der Waals surface area contributed by atoms with Gasteiger partial charge in [0.1, 0.15) is 5.60 Å². The number of hydrogen-bond acceptors (Lipinski definition) is 4. The zero-order chi connectivity index (χ0) is 16.3. The Morgan fingerprint density at radius 3 is 2.82 bits per heavy atom. The fraction of sp³-hybridized carbons (Fsp3) is 0.471. The summed E-state index contributed by atoms with van der Waals surface area (Å²) in [5.74, 6) is 0. The van der Waals surface area contributed by atoms with Crippen molar-refractivity contribution < 1.29 is 9.53 Å². The van der Waals surface area contributed by atoms with Gasteiger partial charge >= 0.3 is 6.09 Å². The molecule has 1 aromatic rings. The van der Waals surface area contributed by atoms with E-state index in [0.29, 0.717) is 25.3 Å². The third-order valence-electron chi connectivity index (χ3n) is 3.54. The average Bonchev–Trinajstić information content (AvgIpc) is 2.44. The lowest BCUT2D eigenvalue weighted by Crippen LogP contribution is -2.40. The zero-order valence-corrected chi connectivity index (χ0v) is 13.6. The van der Waals surface area contributed by atoms with Crippen LogP contribution in [0.1, 0.15) is 31.9 Å². The molecule has 1 heterocycles. The van der Waals surface area contributed by atoms with Gasteiger partial charge in [-0.3, -0.25) is 0 Å². The maximum absolute atomic E-state index is 12.2. The van der Waals surface area contributed by atoms with E-state index in [1.54, 1.807) is 4.90 Å². The van der Waals surface area contributed by atoms with Crippen LogP contribution in [-0.2, 0) is 17.7 Å². The first-order chi connectivity index (χ1) is 10.3. The van der Waals surface area contributed by atoms with Crippen molar-refractivity contribution in [2.45, 2.75) is 39.3 Å². The number of benzene rings is 1. The molecule has 0 fully saturated rings. The van der Waals surface area contributed by atoms with Crippen molar-refractivity contribution in [2.75, 3.05) is 24.1 Å². The van der Waals surface area contributed by atoms with E-state index in [9.17, 15) is 4.79 Å². The minimum Gasteiger partial charge on any atom is -0.444 e. The van der Waals surface area contributed by atoms with Crippen LogP contribution in [0.3, 0.4) is 0 Å². The Kier molecular flexibility index (Phi) is 4.64. The highest BCUT2D eigenvalue weighted by atomic mass is 16.6. The van der Waals surface area contributed by atoms with Gasteiger partial charge < -0.3 is 20.7 Å². The number of amides is 1. The van der Waals surface area contributed by atoms with Gasteiger partial charge in [0.2, 0.25) is 0 Å². The third-order valence-corrected chi connectivity index (χ3v) is 3.54. The van der Waals surface area contributed by atoms with E-state index in [1.165, 1.54) is 5.56 Å². The first-order valence-corrected chi connectivity index (χ1v) is 7.54. The summed E-state index contributed by atoms with van der Waals surface area (Å²) in [5, 5.41) is 3.32. The minimum absolute atomic E-state index is 0.290. The third kappa shape index (κ3) is 3.72. The Balaban J connectivity index is 2.19. The first-order valence-electron chi connectivity index (χ1n) is 7.54. The molecular formula is C17H25N3O2. The summed E-state index contributed by atoms with van der Waals surface area (Å²) in [6.45, 7) is 11.1. The Bertz CT molecular complexity index is 576. The second-order valence-corrected chi connectivity index (χ2v) is 6.48. The van der Waals surface area contributed by atoms with Gasteiger partial charge in [0, 0.05) is 24.5 Å². The lowest BCUT2D eigenvalue weighted by molar-refractivity contribution is 0.0225. The Labute approximate surface area is 132 Å². The SMILES string of the molecule is C=CCNc1ccc(N)c2c1CCN(C(=O)OC(C)(C)C)C2. The number of ether oxygens (including phenoxy) is 1. The van der Waals surface area contributed by atoms with Crippen molar-refractivity contribution in [1.82, 2.24) is 4.90 Å². The molecule has 0 aromatic heterocycles. The van der Waals surface area contributed by atoms with Gasteiger partial charge in [-0.05, 0) is 50.5 Å². The lowest BCUT2D eigenvalue weighted by atomic mass is 9.96. The summed E-state index contributed by atoms with van der Waals surface area (Å²) >= 11 is 0. The number of hydrogen-bond donors (Lipinski definition) is 2. The summed E-state index contributed by atoms with van der Waals surface area (Å²) in [6, 6.07) is 3.86. The molecule has 3 N–H and O–H groups in total. The maximum atomic E-state index is 12.2. The van der Waals surface area contributed by atoms with E-state index in [-0.39, 0.29) is 6.09 Å². The molecular weight excluding hydrogens is 278 g/mol. The van der Waals surface area contributed by atoms with Crippen molar-refractivity contribution in [3.8, 4) is 0 Å². The Morgan fingerprint density at radius 1 is 1.45 bits per heavy atom. The van der Waals surface area contributed by atoms with E-state index in [4.69, 9.17) is 10.5 Å². The quantitative estimate of drug-likeness (QED) is 0.665. The molecule has 2 rings (SSSR count). The van der Waals surface area contributed by atoms with E-state index in [0.717, 1.165) is 17.7 Å². The van der Waals surface area contributed by atoms with Crippen LogP contribution in [-0.4, -0.2) is 29.7 Å². The van der Waals surface area contributed by atoms with Crippen LogP contribution in [0.4, 0.5) is 16.2 Å². The number of nitrogens with zero attached hydrogens (tertiary/aromatic N) is 1. The second-order valence-electron chi connectivity index (χ2n) is 6.48. The maximum Gasteiger partial charge on any atom is 0.410 e. The van der Waals surface area contributed by atoms with Gasteiger partial charge in [-0.25, -0.2) is 4.79 Å². The highest BCUT2D eigenvalue weighted by Gasteiger charge is 2.27. The van der Waals surface area contributed by atoms with E-state index in [1.807, 2.05) is 39.0 Å². The highest BCUT2D eigenvalue weighted by molar-refractivity contribution is 5.71. The lowest BCUT2D eigenvalue weighted by Gasteiger charge is -2.32. The summed E-state index contributed by atoms with van der Waals surface area (Å²) in [7, 11) is 0. The molecule has 22 heavy (non-hydrogen) atoms. The molecule has 0 saturated carbocycles. The molecule has 0 bridgehead atoms. The molecule has 0 spiro atoms. The van der Waals surface area contributed by atoms with Crippen LogP contribution in [0.15, 0.2) is 24.8 Å². The highest BCUT2D eigenvalue weighted by Crippen LogP contribution is 2.31. The van der Waals surface area contributed by atoms with Crippen LogP contribution in [0, 0.1) is 0 Å². The van der Waals surface area contributed by atoms with Crippen LogP contribution in [0.25, 0.3) is 0 Å². The van der Waals surface area contributed by atoms with Gasteiger partial charge in [-0.15, -0.1) is 6.58 Å². The monoisotopic (exact) mass is 303 g/mol. The number of nitrogens with one attached hydrogen (secondary N) is 1. The predicted molar refractivity (Wildman–Crippen MR) is 89.9 cm³/mol. The smallest absolute Gasteiger partial charge is 0.410 e. The van der Waals surface area contributed by atoms with Crippen LogP contribution in [0.5, 0.6) is 0 Å². The fourth-order valence-corrected chi connectivity index (χ4v) is 2.53. The number of fused-ring (bicyclic) bond motifs is 1. The molecule has 1 aromatic carbocycles. The molecule has 0 atom stereocenters. The summed E-state index contributed by atoms with van der Waals surface area (Å²) in [4.78, 5) is 13.9. The van der Waals surface area contributed by atoms with Gasteiger partial charge in [-0.2, -0.15) is 0 Å². The number of nitrogens with two attached hydrogens (primary N) is 1. The van der Waals surface area contributed by atoms with Crippen LogP contribution in [0.2, 0.25) is 0 Å². The number of carbonyl (C=O) groups excluding carboxylic acids is 1. The summed E-state index contributed by atoms with van der Waals surface area (Å²) in [5.41, 5.74) is 9.58. The molecule has 5 heteroatoms. The van der Waals surface area contributed by atoms with Gasteiger partial charge in [0.05, 0.1) is 6.54 Å². The second kappa shape index (κ2) is 6.30. The Hall–Kier alpha value is -2.17. The number of nitrogen functional groups attached to an aromatic ring is 1. The van der Waals surface area contributed by atoms with Gasteiger partial charge in [0.15, 0.2) is 0 Å². The van der Waals surface area contributed by atoms with E-state index in [2.05, 4.69) is 11.9 Å². The van der Waals surface area contributed by atoms with Gasteiger partial charge in [0.25, 0.3) is 0 Å². The Morgan fingerprint density at radius 2 is 2.18 bits per heavy atom. The number of carbonyl (C=O) groups is 1. The zero-order valence-electron chi connectivity index (χ0n) is 13.6. The van der Waals surface area contributed by atoms with Gasteiger partial charge in [-0.1, -0.05) is 6.08 Å². The molecule has 1 amide bonds. The first kappa shape index (κ1) is 16.2. The normalized spacial score (nSPS) is 14.2. The van der Waals surface area contributed by atoms with Crippen molar-refractivity contribution in [3.05, 3.63) is 35.9 Å². The molecule has 0 saturated heterocycles. The van der Waals surface area contributed by atoms with E-state index >= 15 is 0 Å². The minimum atomic E-state index is -0.490. The molecule has 0 aliphatic carbocycles. The molecule has 120 valence electrons. The number of anilines is 2. The van der Waals surface area contributed by atoms with Crippen molar-refractivity contribution in [1.29, 1.82) is 0 Å². The summed E-state index contributed by atoms with van der Waals surface area (Å²) < 4.78 is 5.44. The fourth-order valence-electron chi connectivity index (χ4n) is 2.53. The standard InChI is InChI=1S/C17H25N3O2/c1-5-9-19-15-7-6-14(18)13-11-20(10-8-12(13)15)16(21)22-17(2,3)4/h5-7,19H,1,8-11,18H2,2-4H3.